The van der Waals surface area contributed by atoms with Crippen LogP contribution in [0.5, 0.6) is 11.5 Å². The number of nitrogens with zero attached hydrogens (tertiary/aromatic N) is 1. The molecular formula is C22H18Cl2N2O5S. The molecule has 1 amide bonds. The number of carbonyl (C=O) groups is 1. The van der Waals surface area contributed by atoms with Crippen molar-refractivity contribution in [1.29, 1.82) is 0 Å². The van der Waals surface area contributed by atoms with Gasteiger partial charge in [0.2, 0.25) is 12.7 Å². The number of sulfonamides is 1. The standard InChI is InChI=1S/C22H18Cl2N2O5S/c1-14-2-6-17(7-3-14)32(28,29)26(16-5-8-18(23)19(24)11-16)12-22(27)25-15-4-9-20-21(10-15)31-13-30-20/h2-11H,12-13H2,1H3,(H,25,27). The number of carbonyl (C=O) groups excluding carboxylic acids is 1. The highest BCUT2D eigenvalue weighted by molar-refractivity contribution is 7.92. The van der Waals surface area contributed by atoms with Crippen LogP contribution in [0.1, 0.15) is 5.56 Å². The van der Waals surface area contributed by atoms with Crippen LogP contribution in [0.25, 0.3) is 0 Å². The molecule has 7 nitrogen and oxygen atoms in total. The Morgan fingerprint density at radius 2 is 1.69 bits per heavy atom. The minimum Gasteiger partial charge on any atom is -0.454 e. The van der Waals surface area contributed by atoms with E-state index < -0.39 is 22.5 Å². The van der Waals surface area contributed by atoms with Crippen LogP contribution in [0.4, 0.5) is 11.4 Å². The number of fused-ring (bicyclic) bond motifs is 1. The zero-order chi connectivity index (χ0) is 22.9. The Hall–Kier alpha value is -2.94. The number of anilines is 2. The van der Waals surface area contributed by atoms with E-state index in [2.05, 4.69) is 5.32 Å². The first-order chi connectivity index (χ1) is 15.2. The number of rotatable bonds is 6. The monoisotopic (exact) mass is 492 g/mol. The van der Waals surface area contributed by atoms with Crippen molar-refractivity contribution in [3.63, 3.8) is 0 Å². The Kier molecular flexibility index (Phi) is 6.19. The number of aryl methyl sites for hydroxylation is 1. The third-order valence-electron chi connectivity index (χ3n) is 4.74. The molecular weight excluding hydrogens is 475 g/mol. The molecule has 0 saturated heterocycles. The van der Waals surface area contributed by atoms with Crippen molar-refractivity contribution in [2.24, 2.45) is 0 Å². The number of hydrogen-bond donors (Lipinski definition) is 1. The highest BCUT2D eigenvalue weighted by atomic mass is 35.5. The summed E-state index contributed by atoms with van der Waals surface area (Å²) in [4.78, 5) is 12.9. The Bertz CT molecular complexity index is 1280. The highest BCUT2D eigenvalue weighted by Gasteiger charge is 2.28. The maximum Gasteiger partial charge on any atom is 0.264 e. The van der Waals surface area contributed by atoms with Crippen LogP contribution in [0.2, 0.25) is 10.0 Å². The van der Waals surface area contributed by atoms with Crippen molar-refractivity contribution >= 4 is 50.5 Å². The summed E-state index contributed by atoms with van der Waals surface area (Å²) >= 11 is 12.1. The van der Waals surface area contributed by atoms with E-state index in [0.29, 0.717) is 17.2 Å². The minimum atomic E-state index is -4.07. The molecule has 0 atom stereocenters. The molecule has 1 aliphatic heterocycles. The second-order valence-corrected chi connectivity index (χ2v) is 9.72. The lowest BCUT2D eigenvalue weighted by molar-refractivity contribution is -0.114. The predicted octanol–water partition coefficient (Wildman–Crippen LogP) is 4.86. The molecule has 1 aliphatic rings. The van der Waals surface area contributed by atoms with Crippen LogP contribution in [0.15, 0.2) is 65.6 Å². The number of ether oxygens (including phenoxy) is 2. The number of halogens is 2. The highest BCUT2D eigenvalue weighted by Crippen LogP contribution is 2.34. The van der Waals surface area contributed by atoms with Crippen molar-refractivity contribution in [3.8, 4) is 11.5 Å². The van der Waals surface area contributed by atoms with E-state index in [-0.39, 0.29) is 27.4 Å². The van der Waals surface area contributed by atoms with Gasteiger partial charge in [0.05, 0.1) is 20.6 Å². The molecule has 3 aromatic rings. The SMILES string of the molecule is Cc1ccc(S(=O)(=O)N(CC(=O)Nc2ccc3c(c2)OCO3)c2ccc(Cl)c(Cl)c2)cc1. The maximum atomic E-state index is 13.4. The van der Waals surface area contributed by atoms with E-state index in [4.69, 9.17) is 32.7 Å². The molecule has 0 fully saturated rings. The van der Waals surface area contributed by atoms with Crippen LogP contribution >= 0.6 is 23.2 Å². The van der Waals surface area contributed by atoms with Gasteiger partial charge < -0.3 is 14.8 Å². The fourth-order valence-electron chi connectivity index (χ4n) is 3.10. The summed E-state index contributed by atoms with van der Waals surface area (Å²) in [6.45, 7) is 1.47. The van der Waals surface area contributed by atoms with Gasteiger partial charge in [0.15, 0.2) is 11.5 Å². The van der Waals surface area contributed by atoms with Crippen molar-refractivity contribution < 1.29 is 22.7 Å². The topological polar surface area (TPSA) is 84.9 Å². The maximum absolute atomic E-state index is 13.4. The number of benzene rings is 3. The third-order valence-corrected chi connectivity index (χ3v) is 7.27. The van der Waals surface area contributed by atoms with Crippen molar-refractivity contribution in [1.82, 2.24) is 0 Å². The molecule has 1 heterocycles. The third kappa shape index (κ3) is 4.62. The van der Waals surface area contributed by atoms with Crippen LogP contribution in [-0.4, -0.2) is 27.7 Å². The van der Waals surface area contributed by atoms with Gasteiger partial charge in [-0.1, -0.05) is 40.9 Å². The fraction of sp³-hybridized carbons (Fsp3) is 0.136. The zero-order valence-corrected chi connectivity index (χ0v) is 19.2. The molecule has 10 heteroatoms. The quantitative estimate of drug-likeness (QED) is 0.530. The van der Waals surface area contributed by atoms with E-state index in [1.165, 1.54) is 30.3 Å². The molecule has 1 N–H and O–H groups in total. The normalized spacial score (nSPS) is 12.5. The van der Waals surface area contributed by atoms with Gasteiger partial charge in [0.25, 0.3) is 10.0 Å². The molecule has 0 aliphatic carbocycles. The Balaban J connectivity index is 1.65. The van der Waals surface area contributed by atoms with E-state index >= 15 is 0 Å². The summed E-state index contributed by atoms with van der Waals surface area (Å²) in [5.74, 6) is 0.518. The Morgan fingerprint density at radius 3 is 2.41 bits per heavy atom. The van der Waals surface area contributed by atoms with Crippen LogP contribution in [0.3, 0.4) is 0 Å². The first kappa shape index (κ1) is 22.3. The summed E-state index contributed by atoms with van der Waals surface area (Å²) in [7, 11) is -4.07. The molecule has 0 unspecified atom stereocenters. The van der Waals surface area contributed by atoms with Gasteiger partial charge in [-0.05, 0) is 49.4 Å². The molecule has 0 bridgehead atoms. The molecule has 0 saturated carbocycles. The number of nitrogens with one attached hydrogen (secondary N) is 1. The van der Waals surface area contributed by atoms with Crippen LogP contribution in [0, 0.1) is 6.92 Å². The van der Waals surface area contributed by atoms with Gasteiger partial charge in [-0.3, -0.25) is 9.10 Å². The molecule has 4 rings (SSSR count). The average molecular weight is 493 g/mol. The first-order valence-corrected chi connectivity index (χ1v) is 11.7. The zero-order valence-electron chi connectivity index (χ0n) is 16.8. The Morgan fingerprint density at radius 1 is 0.969 bits per heavy atom. The summed E-state index contributed by atoms with van der Waals surface area (Å²) in [5.41, 5.74) is 1.56. The van der Waals surface area contributed by atoms with Crippen molar-refractivity contribution in [3.05, 3.63) is 76.3 Å². The van der Waals surface area contributed by atoms with Crippen molar-refractivity contribution in [2.45, 2.75) is 11.8 Å². The molecule has 0 aromatic heterocycles. The summed E-state index contributed by atoms with van der Waals surface area (Å²) in [5, 5.41) is 3.13. The largest absolute Gasteiger partial charge is 0.454 e. The van der Waals surface area contributed by atoms with Gasteiger partial charge in [0, 0.05) is 11.8 Å². The lowest BCUT2D eigenvalue weighted by Crippen LogP contribution is -2.38. The summed E-state index contributed by atoms with van der Waals surface area (Å²) < 4.78 is 38.4. The minimum absolute atomic E-state index is 0.0463. The van der Waals surface area contributed by atoms with Crippen LogP contribution < -0.4 is 19.1 Å². The molecule has 3 aromatic carbocycles. The van der Waals surface area contributed by atoms with Crippen molar-refractivity contribution in [2.75, 3.05) is 23.0 Å². The van der Waals surface area contributed by atoms with Gasteiger partial charge in [-0.2, -0.15) is 0 Å². The number of amides is 1. The second-order valence-electron chi connectivity index (χ2n) is 7.04. The van der Waals surface area contributed by atoms with Gasteiger partial charge in [-0.25, -0.2) is 8.42 Å². The molecule has 166 valence electrons. The fourth-order valence-corrected chi connectivity index (χ4v) is 4.80. The molecule has 0 spiro atoms. The second kappa shape index (κ2) is 8.90. The van der Waals surface area contributed by atoms with Crippen LogP contribution in [-0.2, 0) is 14.8 Å². The summed E-state index contributed by atoms with van der Waals surface area (Å²) in [6.07, 6.45) is 0. The van der Waals surface area contributed by atoms with E-state index in [0.717, 1.165) is 9.87 Å². The average Bonchev–Trinajstić information content (AvgIpc) is 3.22. The lowest BCUT2D eigenvalue weighted by atomic mass is 10.2. The van der Waals surface area contributed by atoms with Gasteiger partial charge in [0.1, 0.15) is 6.54 Å². The molecule has 0 radical (unpaired) electrons. The predicted molar refractivity (Wildman–Crippen MR) is 123 cm³/mol. The van der Waals surface area contributed by atoms with Gasteiger partial charge in [-0.15, -0.1) is 0 Å². The molecule has 32 heavy (non-hydrogen) atoms. The van der Waals surface area contributed by atoms with E-state index in [1.54, 1.807) is 30.3 Å². The smallest absolute Gasteiger partial charge is 0.264 e. The van der Waals surface area contributed by atoms with Gasteiger partial charge >= 0.3 is 0 Å². The van der Waals surface area contributed by atoms with E-state index in [9.17, 15) is 13.2 Å². The Labute approximate surface area is 195 Å². The lowest BCUT2D eigenvalue weighted by Gasteiger charge is -2.24. The summed E-state index contributed by atoms with van der Waals surface area (Å²) in [6, 6.07) is 15.7. The number of hydrogen-bond acceptors (Lipinski definition) is 5. The van der Waals surface area contributed by atoms with E-state index in [1.807, 2.05) is 6.92 Å². The first-order valence-electron chi connectivity index (χ1n) is 9.48.